The van der Waals surface area contributed by atoms with E-state index in [2.05, 4.69) is 15.3 Å². The standard InChI is InChI=1S/C22H21F3N4O2S/c1-2-29(10-11-30)20-19(15-4-3-9-26-13-15)12-16(14-27-20)21(31)28-17-5-7-18(8-6-17)32-22(23,24)25/h3-9,12-14,30H,2,10-11H2,1H3,(H,28,31). The van der Waals surface area contributed by atoms with Crippen molar-refractivity contribution < 1.29 is 23.1 Å². The van der Waals surface area contributed by atoms with Gasteiger partial charge in [0.15, 0.2) is 0 Å². The highest BCUT2D eigenvalue weighted by molar-refractivity contribution is 8.00. The molecule has 0 unspecified atom stereocenters. The molecule has 0 bridgehead atoms. The molecule has 0 saturated carbocycles. The lowest BCUT2D eigenvalue weighted by atomic mass is 10.1. The molecule has 3 aromatic rings. The van der Waals surface area contributed by atoms with Gasteiger partial charge < -0.3 is 15.3 Å². The SMILES string of the molecule is CCN(CCO)c1ncc(C(=O)Nc2ccc(SC(F)(F)F)cc2)cc1-c1cccnc1. The first-order valence-electron chi connectivity index (χ1n) is 9.74. The number of rotatable bonds is 8. The number of hydrogen-bond donors (Lipinski definition) is 2. The van der Waals surface area contributed by atoms with E-state index >= 15 is 0 Å². The zero-order valence-electron chi connectivity index (χ0n) is 17.1. The van der Waals surface area contributed by atoms with Crippen molar-refractivity contribution in [2.75, 3.05) is 29.9 Å². The molecule has 6 nitrogen and oxygen atoms in total. The lowest BCUT2D eigenvalue weighted by molar-refractivity contribution is -0.0328. The van der Waals surface area contributed by atoms with Crippen molar-refractivity contribution in [2.45, 2.75) is 17.3 Å². The fraction of sp³-hybridized carbons (Fsp3) is 0.227. The summed E-state index contributed by atoms with van der Waals surface area (Å²) < 4.78 is 37.4. The molecule has 0 fully saturated rings. The third-order valence-corrected chi connectivity index (χ3v) is 5.24. The molecule has 2 heterocycles. The van der Waals surface area contributed by atoms with E-state index in [1.807, 2.05) is 17.9 Å². The van der Waals surface area contributed by atoms with Crippen LogP contribution in [-0.4, -0.2) is 46.2 Å². The van der Waals surface area contributed by atoms with Gasteiger partial charge in [0.25, 0.3) is 5.91 Å². The van der Waals surface area contributed by atoms with Crippen LogP contribution in [0.4, 0.5) is 24.7 Å². The van der Waals surface area contributed by atoms with E-state index in [0.29, 0.717) is 30.2 Å². The Kier molecular flexibility index (Phi) is 7.70. The molecule has 32 heavy (non-hydrogen) atoms. The van der Waals surface area contributed by atoms with Gasteiger partial charge in [-0.05, 0) is 55.1 Å². The molecule has 10 heteroatoms. The van der Waals surface area contributed by atoms with Crippen LogP contribution in [0.2, 0.25) is 0 Å². The average Bonchev–Trinajstić information content (AvgIpc) is 2.78. The zero-order valence-corrected chi connectivity index (χ0v) is 18.0. The van der Waals surface area contributed by atoms with Crippen molar-refractivity contribution in [2.24, 2.45) is 0 Å². The number of likely N-dealkylation sites (N-methyl/N-ethyl adjacent to an activating group) is 1. The van der Waals surface area contributed by atoms with E-state index < -0.39 is 11.4 Å². The lowest BCUT2D eigenvalue weighted by Crippen LogP contribution is -2.28. The Morgan fingerprint density at radius 1 is 1.19 bits per heavy atom. The van der Waals surface area contributed by atoms with Crippen molar-refractivity contribution in [3.05, 3.63) is 66.6 Å². The molecule has 1 amide bonds. The highest BCUT2D eigenvalue weighted by Gasteiger charge is 2.29. The average molecular weight is 462 g/mol. The molecular formula is C22H21F3N4O2S. The van der Waals surface area contributed by atoms with Crippen LogP contribution in [-0.2, 0) is 0 Å². The summed E-state index contributed by atoms with van der Waals surface area (Å²) in [6.07, 6.45) is 4.73. The quantitative estimate of drug-likeness (QED) is 0.467. The molecule has 0 radical (unpaired) electrons. The molecule has 2 aromatic heterocycles. The number of alkyl halides is 3. The molecule has 0 aliphatic rings. The molecule has 0 saturated heterocycles. The van der Waals surface area contributed by atoms with Crippen LogP contribution in [0, 0.1) is 0 Å². The fourth-order valence-corrected chi connectivity index (χ4v) is 3.59. The van der Waals surface area contributed by atoms with Crippen molar-refractivity contribution in [3.8, 4) is 11.1 Å². The van der Waals surface area contributed by atoms with Crippen molar-refractivity contribution in [3.63, 3.8) is 0 Å². The van der Waals surface area contributed by atoms with Crippen LogP contribution >= 0.6 is 11.8 Å². The van der Waals surface area contributed by atoms with E-state index in [4.69, 9.17) is 0 Å². The van der Waals surface area contributed by atoms with Gasteiger partial charge in [-0.25, -0.2) is 4.98 Å². The number of thioether (sulfide) groups is 1. The first-order valence-corrected chi connectivity index (χ1v) is 10.6. The topological polar surface area (TPSA) is 78.3 Å². The summed E-state index contributed by atoms with van der Waals surface area (Å²) in [5, 5.41) is 12.0. The maximum Gasteiger partial charge on any atom is 0.446 e. The van der Waals surface area contributed by atoms with Gasteiger partial charge in [0.2, 0.25) is 0 Å². The lowest BCUT2D eigenvalue weighted by Gasteiger charge is -2.24. The van der Waals surface area contributed by atoms with Crippen LogP contribution in [0.15, 0.2) is 66.0 Å². The largest absolute Gasteiger partial charge is 0.446 e. The molecule has 0 aliphatic heterocycles. The molecule has 2 N–H and O–H groups in total. The van der Waals surface area contributed by atoms with Gasteiger partial charge in [-0.1, -0.05) is 6.07 Å². The highest BCUT2D eigenvalue weighted by Crippen LogP contribution is 2.37. The van der Waals surface area contributed by atoms with E-state index in [-0.39, 0.29) is 28.8 Å². The number of nitrogens with zero attached hydrogens (tertiary/aromatic N) is 3. The summed E-state index contributed by atoms with van der Waals surface area (Å²) in [7, 11) is 0. The van der Waals surface area contributed by atoms with Gasteiger partial charge in [-0.15, -0.1) is 0 Å². The first kappa shape index (κ1) is 23.6. The van der Waals surface area contributed by atoms with E-state index in [1.165, 1.54) is 30.5 Å². The van der Waals surface area contributed by atoms with E-state index in [1.54, 1.807) is 24.5 Å². The number of benzene rings is 1. The Labute approximate surface area is 187 Å². The number of anilines is 2. The number of aliphatic hydroxyl groups excluding tert-OH is 1. The number of halogens is 3. The summed E-state index contributed by atoms with van der Waals surface area (Å²) in [4.78, 5) is 23.3. The number of aromatic nitrogens is 2. The van der Waals surface area contributed by atoms with Crippen molar-refractivity contribution in [1.29, 1.82) is 0 Å². The fourth-order valence-electron chi connectivity index (χ4n) is 3.05. The predicted molar refractivity (Wildman–Crippen MR) is 119 cm³/mol. The molecule has 0 aliphatic carbocycles. The molecule has 3 rings (SSSR count). The van der Waals surface area contributed by atoms with Gasteiger partial charge in [-0.3, -0.25) is 9.78 Å². The molecule has 0 atom stereocenters. The van der Waals surface area contributed by atoms with Crippen LogP contribution in [0.1, 0.15) is 17.3 Å². The third-order valence-electron chi connectivity index (χ3n) is 4.50. The number of amides is 1. The summed E-state index contributed by atoms with van der Waals surface area (Å²) in [6, 6.07) is 10.7. The maximum atomic E-state index is 12.8. The van der Waals surface area contributed by atoms with Crippen molar-refractivity contribution >= 4 is 29.2 Å². The Bertz CT molecular complexity index is 1050. The van der Waals surface area contributed by atoms with E-state index in [0.717, 1.165) is 5.56 Å². The number of nitrogens with one attached hydrogen (secondary N) is 1. The van der Waals surface area contributed by atoms with Gasteiger partial charge in [0.05, 0.1) is 12.2 Å². The van der Waals surface area contributed by atoms with Gasteiger partial charge in [0.1, 0.15) is 5.82 Å². The minimum atomic E-state index is -4.37. The van der Waals surface area contributed by atoms with Gasteiger partial charge in [-0.2, -0.15) is 13.2 Å². The Balaban J connectivity index is 1.87. The summed E-state index contributed by atoms with van der Waals surface area (Å²) >= 11 is -0.216. The molecular weight excluding hydrogens is 441 g/mol. The smallest absolute Gasteiger partial charge is 0.395 e. The summed E-state index contributed by atoms with van der Waals surface area (Å²) in [5.74, 6) is 0.162. The maximum absolute atomic E-state index is 12.8. The predicted octanol–water partition coefficient (Wildman–Crippen LogP) is 4.83. The van der Waals surface area contributed by atoms with Crippen LogP contribution in [0.3, 0.4) is 0 Å². The van der Waals surface area contributed by atoms with Crippen LogP contribution in [0.5, 0.6) is 0 Å². The molecule has 1 aromatic carbocycles. The molecule has 168 valence electrons. The Morgan fingerprint density at radius 3 is 2.53 bits per heavy atom. The normalized spacial score (nSPS) is 11.3. The summed E-state index contributed by atoms with van der Waals surface area (Å²) in [5.41, 5.74) is -2.29. The number of carbonyl (C=O) groups is 1. The minimum Gasteiger partial charge on any atom is -0.395 e. The van der Waals surface area contributed by atoms with Gasteiger partial charge in [0, 0.05) is 53.4 Å². The van der Waals surface area contributed by atoms with Crippen LogP contribution in [0.25, 0.3) is 11.1 Å². The Morgan fingerprint density at radius 2 is 1.94 bits per heavy atom. The number of carbonyl (C=O) groups excluding carboxylic acids is 1. The monoisotopic (exact) mass is 462 g/mol. The molecule has 0 spiro atoms. The van der Waals surface area contributed by atoms with E-state index in [9.17, 15) is 23.1 Å². The Hall–Kier alpha value is -3.11. The second kappa shape index (κ2) is 10.5. The van der Waals surface area contributed by atoms with Crippen LogP contribution < -0.4 is 10.2 Å². The minimum absolute atomic E-state index is 0.0314. The second-order valence-corrected chi connectivity index (χ2v) is 7.80. The summed E-state index contributed by atoms with van der Waals surface area (Å²) in [6.45, 7) is 2.87. The van der Waals surface area contributed by atoms with Crippen molar-refractivity contribution in [1.82, 2.24) is 9.97 Å². The first-order chi connectivity index (χ1) is 15.3. The number of pyridine rings is 2. The number of aliphatic hydroxyl groups is 1. The second-order valence-electron chi connectivity index (χ2n) is 6.67. The third kappa shape index (κ3) is 6.21. The van der Waals surface area contributed by atoms with Gasteiger partial charge >= 0.3 is 5.51 Å². The highest BCUT2D eigenvalue weighted by atomic mass is 32.2. The zero-order chi connectivity index (χ0) is 23.1. The number of hydrogen-bond acceptors (Lipinski definition) is 6.